The first-order valence-electron chi connectivity index (χ1n) is 8.16. The molecule has 7 nitrogen and oxygen atoms in total. The largest absolute Gasteiger partial charge is 0.441 e. The van der Waals surface area contributed by atoms with E-state index in [9.17, 15) is 4.79 Å². The van der Waals surface area contributed by atoms with Crippen LogP contribution in [-0.4, -0.2) is 42.2 Å². The van der Waals surface area contributed by atoms with Crippen LogP contribution in [0.1, 0.15) is 16.4 Å². The minimum absolute atomic E-state index is 0.255. The van der Waals surface area contributed by atoms with Crippen LogP contribution in [-0.2, 0) is 4.74 Å². The maximum atomic E-state index is 12.5. The van der Waals surface area contributed by atoms with Crippen molar-refractivity contribution < 1.29 is 13.9 Å². The third-order valence-corrected chi connectivity index (χ3v) is 4.10. The topological polar surface area (TPSA) is 80.5 Å². The van der Waals surface area contributed by atoms with Crippen LogP contribution in [0.3, 0.4) is 0 Å². The van der Waals surface area contributed by atoms with Crippen LogP contribution in [0, 0.1) is 6.92 Å². The fourth-order valence-corrected chi connectivity index (χ4v) is 2.88. The smallest absolute Gasteiger partial charge is 0.274 e. The molecule has 0 saturated carbocycles. The van der Waals surface area contributed by atoms with Crippen molar-refractivity contribution in [3.63, 3.8) is 0 Å². The molecule has 0 unspecified atom stereocenters. The van der Waals surface area contributed by atoms with Crippen LogP contribution < -0.4 is 10.2 Å². The molecule has 2 aromatic heterocycles. The number of morpholine rings is 1. The molecular formula is C18H18N4O3. The monoisotopic (exact) mass is 338 g/mol. The Labute approximate surface area is 144 Å². The molecule has 25 heavy (non-hydrogen) atoms. The Hall–Kier alpha value is -2.93. The van der Waals surface area contributed by atoms with Gasteiger partial charge in [-0.3, -0.25) is 9.78 Å². The van der Waals surface area contributed by atoms with Gasteiger partial charge in [0.1, 0.15) is 11.2 Å². The minimum Gasteiger partial charge on any atom is -0.441 e. The average Bonchev–Trinajstić information content (AvgIpc) is 3.02. The Morgan fingerprint density at radius 1 is 1.20 bits per heavy atom. The van der Waals surface area contributed by atoms with E-state index in [1.165, 1.54) is 0 Å². The predicted octanol–water partition coefficient (Wildman–Crippen LogP) is 2.62. The Balaban J connectivity index is 1.53. The minimum atomic E-state index is -0.255. The highest BCUT2D eigenvalue weighted by atomic mass is 16.5. The third kappa shape index (κ3) is 3.32. The van der Waals surface area contributed by atoms with Crippen molar-refractivity contribution in [2.75, 3.05) is 36.5 Å². The lowest BCUT2D eigenvalue weighted by atomic mass is 10.2. The fraction of sp³-hybridized carbons (Fsp3) is 0.278. The molecular weight excluding hydrogens is 320 g/mol. The second-order valence-electron chi connectivity index (χ2n) is 5.87. The van der Waals surface area contributed by atoms with E-state index in [0.717, 1.165) is 18.8 Å². The fourth-order valence-electron chi connectivity index (χ4n) is 2.88. The van der Waals surface area contributed by atoms with Crippen molar-refractivity contribution in [1.82, 2.24) is 9.97 Å². The molecule has 1 aliphatic rings. The molecule has 1 aliphatic heterocycles. The van der Waals surface area contributed by atoms with Gasteiger partial charge < -0.3 is 19.4 Å². The van der Waals surface area contributed by atoms with Gasteiger partial charge in [0.2, 0.25) is 0 Å². The molecule has 1 fully saturated rings. The number of hydrogen-bond acceptors (Lipinski definition) is 6. The molecule has 1 saturated heterocycles. The summed E-state index contributed by atoms with van der Waals surface area (Å²) in [6.45, 7) is 4.81. The molecule has 1 N–H and O–H groups in total. The van der Waals surface area contributed by atoms with Gasteiger partial charge in [-0.05, 0) is 30.3 Å². The number of hydrogen-bond donors (Lipinski definition) is 1. The Morgan fingerprint density at radius 3 is 2.88 bits per heavy atom. The third-order valence-electron chi connectivity index (χ3n) is 4.10. The summed E-state index contributed by atoms with van der Waals surface area (Å²) in [5.74, 6) is 0.341. The zero-order chi connectivity index (χ0) is 17.2. The Morgan fingerprint density at radius 2 is 2.04 bits per heavy atom. The molecule has 0 spiro atoms. The maximum absolute atomic E-state index is 12.5. The summed E-state index contributed by atoms with van der Waals surface area (Å²) in [6.07, 6.45) is 1.66. The zero-order valence-electron chi connectivity index (χ0n) is 13.9. The van der Waals surface area contributed by atoms with Gasteiger partial charge in [0.25, 0.3) is 5.91 Å². The van der Waals surface area contributed by atoms with Crippen LogP contribution in [0.4, 0.5) is 11.4 Å². The normalized spacial score (nSPS) is 14.7. The van der Waals surface area contributed by atoms with Gasteiger partial charge in [-0.2, -0.15) is 0 Å². The summed E-state index contributed by atoms with van der Waals surface area (Å²) in [7, 11) is 0. The number of oxazole rings is 1. The van der Waals surface area contributed by atoms with Gasteiger partial charge in [0.05, 0.1) is 13.2 Å². The summed E-state index contributed by atoms with van der Waals surface area (Å²) in [6, 6.07) is 9.08. The van der Waals surface area contributed by atoms with Crippen LogP contribution >= 0.6 is 0 Å². The molecule has 0 atom stereocenters. The van der Waals surface area contributed by atoms with Gasteiger partial charge in [0.15, 0.2) is 11.5 Å². The van der Waals surface area contributed by atoms with Crippen molar-refractivity contribution in [2.24, 2.45) is 0 Å². The number of benzene rings is 1. The molecule has 1 amide bonds. The second-order valence-corrected chi connectivity index (χ2v) is 5.87. The molecule has 4 rings (SSSR count). The summed E-state index contributed by atoms with van der Waals surface area (Å²) in [4.78, 5) is 23.2. The maximum Gasteiger partial charge on any atom is 0.274 e. The first-order valence-corrected chi connectivity index (χ1v) is 8.16. The number of ether oxygens (including phenoxy) is 1. The molecule has 7 heteroatoms. The van der Waals surface area contributed by atoms with Gasteiger partial charge >= 0.3 is 0 Å². The van der Waals surface area contributed by atoms with Gasteiger partial charge in [-0.25, -0.2) is 4.98 Å². The second kappa shape index (κ2) is 6.52. The molecule has 0 bridgehead atoms. The van der Waals surface area contributed by atoms with Crippen molar-refractivity contribution in [2.45, 2.75) is 6.92 Å². The molecule has 0 aliphatic carbocycles. The van der Waals surface area contributed by atoms with E-state index >= 15 is 0 Å². The average molecular weight is 338 g/mol. The highest BCUT2D eigenvalue weighted by Gasteiger charge is 2.15. The quantitative estimate of drug-likeness (QED) is 0.791. The van der Waals surface area contributed by atoms with E-state index in [-0.39, 0.29) is 5.91 Å². The number of aryl methyl sites for hydroxylation is 1. The van der Waals surface area contributed by atoms with Crippen LogP contribution in [0.25, 0.3) is 11.1 Å². The number of fused-ring (bicyclic) bond motifs is 1. The van der Waals surface area contributed by atoms with Gasteiger partial charge in [-0.1, -0.05) is 0 Å². The molecule has 128 valence electrons. The van der Waals surface area contributed by atoms with E-state index in [4.69, 9.17) is 9.15 Å². The Kier molecular flexibility index (Phi) is 4.07. The number of nitrogens with zero attached hydrogens (tertiary/aromatic N) is 3. The van der Waals surface area contributed by atoms with Crippen LogP contribution in [0.15, 0.2) is 40.9 Å². The molecule has 0 radical (unpaired) electrons. The molecule has 1 aromatic carbocycles. The SMILES string of the molecule is Cc1nc2cc(NC(=O)c3cc(N4CCOCC4)ccn3)ccc2o1. The Bertz CT molecular complexity index is 916. The number of carbonyl (C=O) groups is 1. The lowest BCUT2D eigenvalue weighted by Crippen LogP contribution is -2.36. The van der Waals surface area contributed by atoms with Gasteiger partial charge in [-0.15, -0.1) is 0 Å². The number of anilines is 2. The van der Waals surface area contributed by atoms with Crippen LogP contribution in [0.2, 0.25) is 0 Å². The van der Waals surface area contributed by atoms with E-state index in [1.807, 2.05) is 6.07 Å². The lowest BCUT2D eigenvalue weighted by molar-refractivity contribution is 0.102. The number of rotatable bonds is 3. The summed E-state index contributed by atoms with van der Waals surface area (Å²) in [5.41, 5.74) is 3.42. The first kappa shape index (κ1) is 15.6. The molecule has 3 heterocycles. The highest BCUT2D eigenvalue weighted by molar-refractivity contribution is 6.04. The lowest BCUT2D eigenvalue weighted by Gasteiger charge is -2.28. The van der Waals surface area contributed by atoms with E-state index < -0.39 is 0 Å². The number of pyridine rings is 1. The first-order chi connectivity index (χ1) is 12.2. The number of aromatic nitrogens is 2. The van der Waals surface area contributed by atoms with Gasteiger partial charge in [0, 0.05) is 37.6 Å². The van der Waals surface area contributed by atoms with Crippen molar-refractivity contribution in [3.8, 4) is 0 Å². The van der Waals surface area contributed by atoms with Crippen molar-refractivity contribution in [1.29, 1.82) is 0 Å². The summed E-state index contributed by atoms with van der Waals surface area (Å²) < 4.78 is 10.8. The predicted molar refractivity (Wildman–Crippen MR) is 94.0 cm³/mol. The van der Waals surface area contributed by atoms with Crippen LogP contribution in [0.5, 0.6) is 0 Å². The van der Waals surface area contributed by atoms with Crippen molar-refractivity contribution in [3.05, 3.63) is 48.1 Å². The number of nitrogens with one attached hydrogen (secondary N) is 1. The standard InChI is InChI=1S/C18H18N4O3/c1-12-20-15-10-13(2-3-17(15)25-12)21-18(23)16-11-14(4-5-19-16)22-6-8-24-9-7-22/h2-5,10-11H,6-9H2,1H3,(H,21,23). The molecule has 3 aromatic rings. The highest BCUT2D eigenvalue weighted by Crippen LogP contribution is 2.21. The van der Waals surface area contributed by atoms with E-state index in [2.05, 4.69) is 20.2 Å². The van der Waals surface area contributed by atoms with Crippen molar-refractivity contribution >= 4 is 28.4 Å². The number of carbonyl (C=O) groups excluding carboxylic acids is 1. The van der Waals surface area contributed by atoms with E-state index in [1.54, 1.807) is 37.4 Å². The summed E-state index contributed by atoms with van der Waals surface area (Å²) >= 11 is 0. The summed E-state index contributed by atoms with van der Waals surface area (Å²) in [5, 5.41) is 2.86. The number of amides is 1. The zero-order valence-corrected chi connectivity index (χ0v) is 13.9. The van der Waals surface area contributed by atoms with E-state index in [0.29, 0.717) is 41.6 Å².